The van der Waals surface area contributed by atoms with Crippen molar-refractivity contribution >= 4 is 0 Å². The van der Waals surface area contributed by atoms with E-state index in [0.29, 0.717) is 0 Å². The van der Waals surface area contributed by atoms with Gasteiger partial charge in [-0.05, 0) is 29.0 Å². The van der Waals surface area contributed by atoms with Gasteiger partial charge in [0, 0.05) is 18.7 Å². The molecule has 2 aromatic carbocycles. The van der Waals surface area contributed by atoms with E-state index >= 15 is 0 Å². The molecule has 3 heteroatoms. The zero-order chi connectivity index (χ0) is 19.0. The number of nitrogens with one attached hydrogen (secondary N) is 1. The van der Waals surface area contributed by atoms with Gasteiger partial charge in [0.05, 0.1) is 13.7 Å². The third-order valence-electron chi connectivity index (χ3n) is 4.49. The van der Waals surface area contributed by atoms with Crippen LogP contribution in [0.1, 0.15) is 57.2 Å². The summed E-state index contributed by atoms with van der Waals surface area (Å²) in [6, 6.07) is 14.9. The molecule has 3 nitrogen and oxygen atoms in total. The molecule has 0 fully saturated rings. The van der Waals surface area contributed by atoms with Gasteiger partial charge in [0.25, 0.3) is 0 Å². The Bertz CT molecular complexity index is 672. The lowest BCUT2D eigenvalue weighted by molar-refractivity contribution is 0.284. The minimum absolute atomic E-state index is 0.192. The highest BCUT2D eigenvalue weighted by Crippen LogP contribution is 2.31. The second kappa shape index (κ2) is 9.63. The van der Waals surface area contributed by atoms with Gasteiger partial charge in [0.1, 0.15) is 0 Å². The first kappa shape index (κ1) is 20.3. The number of hydrogen-bond donors (Lipinski definition) is 1. The molecule has 0 amide bonds. The van der Waals surface area contributed by atoms with Gasteiger partial charge in [-0.1, -0.05) is 70.5 Å². The summed E-state index contributed by atoms with van der Waals surface area (Å²) in [7, 11) is 1.69. The Morgan fingerprint density at radius 1 is 0.962 bits per heavy atom. The molecule has 0 saturated carbocycles. The van der Waals surface area contributed by atoms with Gasteiger partial charge in [0.2, 0.25) is 0 Å². The third-order valence-corrected chi connectivity index (χ3v) is 4.49. The third kappa shape index (κ3) is 5.77. The molecule has 0 unspecified atom stereocenters. The van der Waals surface area contributed by atoms with E-state index < -0.39 is 0 Å². The number of unbranched alkanes of at least 4 members (excludes halogenated alkanes) is 1. The molecule has 0 spiro atoms. The van der Waals surface area contributed by atoms with Crippen molar-refractivity contribution in [3.63, 3.8) is 0 Å². The van der Waals surface area contributed by atoms with Gasteiger partial charge in [-0.25, -0.2) is 0 Å². The molecule has 0 saturated heterocycles. The Morgan fingerprint density at radius 2 is 1.69 bits per heavy atom. The number of methoxy groups -OCH3 is 1. The maximum Gasteiger partial charge on any atom is 0.165 e. The lowest BCUT2D eigenvalue weighted by atomic mass is 9.87. The van der Waals surface area contributed by atoms with Gasteiger partial charge in [-0.3, -0.25) is 0 Å². The average molecular weight is 356 g/mol. The van der Waals surface area contributed by atoms with E-state index in [1.54, 1.807) is 7.11 Å². The Balaban J connectivity index is 1.98. The molecular formula is C23H33NO2. The molecule has 0 bridgehead atoms. The van der Waals surface area contributed by atoms with Crippen molar-refractivity contribution in [2.75, 3.05) is 13.7 Å². The van der Waals surface area contributed by atoms with Gasteiger partial charge < -0.3 is 14.8 Å². The van der Waals surface area contributed by atoms with E-state index in [4.69, 9.17) is 9.47 Å². The molecule has 0 aromatic heterocycles. The van der Waals surface area contributed by atoms with Crippen molar-refractivity contribution in [2.45, 2.75) is 59.0 Å². The molecule has 26 heavy (non-hydrogen) atoms. The molecular weight excluding hydrogens is 322 g/mol. The van der Waals surface area contributed by atoms with Crippen LogP contribution in [0.3, 0.4) is 0 Å². The summed E-state index contributed by atoms with van der Waals surface area (Å²) in [5.74, 6) is 1.66. The number of para-hydroxylation sites is 1. The van der Waals surface area contributed by atoms with Crippen molar-refractivity contribution in [2.24, 2.45) is 0 Å². The zero-order valence-electron chi connectivity index (χ0n) is 16.9. The smallest absolute Gasteiger partial charge is 0.165 e. The average Bonchev–Trinajstić information content (AvgIpc) is 2.62. The molecule has 0 radical (unpaired) electrons. The normalized spacial score (nSPS) is 11.4. The van der Waals surface area contributed by atoms with Crippen LogP contribution in [0, 0.1) is 0 Å². The number of benzene rings is 2. The predicted molar refractivity (Wildman–Crippen MR) is 109 cm³/mol. The van der Waals surface area contributed by atoms with Crippen molar-refractivity contribution in [1.82, 2.24) is 5.32 Å². The molecule has 2 rings (SSSR count). The van der Waals surface area contributed by atoms with Crippen molar-refractivity contribution < 1.29 is 9.47 Å². The quantitative estimate of drug-likeness (QED) is 0.606. The largest absolute Gasteiger partial charge is 0.493 e. The van der Waals surface area contributed by atoms with E-state index in [-0.39, 0.29) is 5.41 Å². The molecule has 2 aromatic rings. The van der Waals surface area contributed by atoms with Crippen LogP contribution in [-0.4, -0.2) is 13.7 Å². The van der Waals surface area contributed by atoms with E-state index in [1.165, 1.54) is 11.1 Å². The van der Waals surface area contributed by atoms with Gasteiger partial charge >= 0.3 is 0 Å². The maximum atomic E-state index is 5.99. The highest BCUT2D eigenvalue weighted by Gasteiger charge is 2.13. The summed E-state index contributed by atoms with van der Waals surface area (Å²) >= 11 is 0. The Labute approximate surface area is 158 Å². The SMILES string of the molecule is CCCCOc1c(CNCc2ccc(C(C)(C)C)cc2)cccc1OC. The first-order valence-electron chi connectivity index (χ1n) is 9.54. The molecule has 0 atom stereocenters. The van der Waals surface area contributed by atoms with Gasteiger partial charge in [-0.15, -0.1) is 0 Å². The molecule has 0 aliphatic rings. The zero-order valence-corrected chi connectivity index (χ0v) is 16.9. The van der Waals surface area contributed by atoms with E-state index in [9.17, 15) is 0 Å². The standard InChI is InChI=1S/C23H33NO2/c1-6-7-15-26-22-19(9-8-10-21(22)25-5)17-24-16-18-11-13-20(14-12-18)23(2,3)4/h8-14,24H,6-7,15-17H2,1-5H3. The Morgan fingerprint density at radius 3 is 2.31 bits per heavy atom. The van der Waals surface area contributed by atoms with Crippen LogP contribution < -0.4 is 14.8 Å². The van der Waals surface area contributed by atoms with E-state index in [0.717, 1.165) is 49.6 Å². The van der Waals surface area contributed by atoms with Crippen molar-refractivity contribution in [3.8, 4) is 11.5 Å². The predicted octanol–water partition coefficient (Wildman–Crippen LogP) is 5.46. The fourth-order valence-electron chi connectivity index (χ4n) is 2.81. The van der Waals surface area contributed by atoms with Crippen LogP contribution in [0.15, 0.2) is 42.5 Å². The Kier molecular flexibility index (Phi) is 7.52. The summed E-state index contributed by atoms with van der Waals surface area (Å²) in [4.78, 5) is 0. The topological polar surface area (TPSA) is 30.5 Å². The fourth-order valence-corrected chi connectivity index (χ4v) is 2.81. The van der Waals surface area contributed by atoms with Crippen LogP contribution in [0.2, 0.25) is 0 Å². The minimum Gasteiger partial charge on any atom is -0.493 e. The highest BCUT2D eigenvalue weighted by molar-refractivity contribution is 5.46. The van der Waals surface area contributed by atoms with Crippen LogP contribution >= 0.6 is 0 Å². The minimum atomic E-state index is 0.192. The number of rotatable bonds is 9. The number of ether oxygens (including phenoxy) is 2. The summed E-state index contributed by atoms with van der Waals surface area (Å²) in [5, 5.41) is 3.52. The van der Waals surface area contributed by atoms with E-state index in [2.05, 4.69) is 63.3 Å². The first-order valence-corrected chi connectivity index (χ1v) is 9.54. The lowest BCUT2D eigenvalue weighted by Gasteiger charge is -2.19. The second-order valence-corrected chi connectivity index (χ2v) is 7.70. The Hall–Kier alpha value is -2.00. The summed E-state index contributed by atoms with van der Waals surface area (Å²) in [6.45, 7) is 11.2. The van der Waals surface area contributed by atoms with Crippen molar-refractivity contribution in [1.29, 1.82) is 0 Å². The van der Waals surface area contributed by atoms with Crippen LogP contribution in [0.4, 0.5) is 0 Å². The molecule has 1 N–H and O–H groups in total. The maximum absolute atomic E-state index is 5.99. The van der Waals surface area contributed by atoms with Crippen LogP contribution in [-0.2, 0) is 18.5 Å². The second-order valence-electron chi connectivity index (χ2n) is 7.70. The molecule has 0 heterocycles. The highest BCUT2D eigenvalue weighted by atomic mass is 16.5. The summed E-state index contributed by atoms with van der Waals surface area (Å²) < 4.78 is 11.5. The van der Waals surface area contributed by atoms with E-state index in [1.807, 2.05) is 12.1 Å². The fraction of sp³-hybridized carbons (Fsp3) is 0.478. The molecule has 142 valence electrons. The van der Waals surface area contributed by atoms with Gasteiger partial charge in [-0.2, -0.15) is 0 Å². The van der Waals surface area contributed by atoms with Gasteiger partial charge in [0.15, 0.2) is 11.5 Å². The summed E-state index contributed by atoms with van der Waals surface area (Å²) in [5.41, 5.74) is 3.97. The lowest BCUT2D eigenvalue weighted by Crippen LogP contribution is -2.15. The molecule has 0 aliphatic heterocycles. The monoisotopic (exact) mass is 355 g/mol. The summed E-state index contributed by atoms with van der Waals surface area (Å²) in [6.07, 6.45) is 2.17. The van der Waals surface area contributed by atoms with Crippen LogP contribution in [0.25, 0.3) is 0 Å². The molecule has 0 aliphatic carbocycles. The first-order chi connectivity index (χ1) is 12.5. The van der Waals surface area contributed by atoms with Crippen molar-refractivity contribution in [3.05, 3.63) is 59.2 Å². The number of hydrogen-bond acceptors (Lipinski definition) is 3. The van der Waals surface area contributed by atoms with Crippen LogP contribution in [0.5, 0.6) is 11.5 Å².